The highest BCUT2D eigenvalue weighted by atomic mass is 16.2. The lowest BCUT2D eigenvalue weighted by atomic mass is 9.78. The summed E-state index contributed by atoms with van der Waals surface area (Å²) in [7, 11) is 0. The summed E-state index contributed by atoms with van der Waals surface area (Å²) in [5.74, 6) is 1.05. The summed E-state index contributed by atoms with van der Waals surface area (Å²) in [5.41, 5.74) is 2.49. The highest BCUT2D eigenvalue weighted by Crippen LogP contribution is 2.35. The molecule has 2 atom stereocenters. The number of fused-ring (bicyclic) bond motifs is 1. The van der Waals surface area contributed by atoms with Crippen molar-refractivity contribution in [1.29, 1.82) is 0 Å². The zero-order valence-electron chi connectivity index (χ0n) is 16.7. The van der Waals surface area contributed by atoms with Crippen molar-refractivity contribution in [3.05, 3.63) is 35.4 Å². The number of benzene rings is 1. The third-order valence-electron chi connectivity index (χ3n) is 6.21. The van der Waals surface area contributed by atoms with Crippen LogP contribution >= 0.6 is 0 Å². The van der Waals surface area contributed by atoms with E-state index < -0.39 is 0 Å². The summed E-state index contributed by atoms with van der Waals surface area (Å²) in [6, 6.07) is 8.89. The van der Waals surface area contributed by atoms with Crippen molar-refractivity contribution in [3.63, 3.8) is 0 Å². The molecule has 0 spiro atoms. The predicted octanol–water partition coefficient (Wildman–Crippen LogP) is 4.01. The third kappa shape index (κ3) is 5.82. The lowest BCUT2D eigenvalue weighted by molar-refractivity contribution is -0.137. The zero-order chi connectivity index (χ0) is 19.1. The lowest BCUT2D eigenvalue weighted by Gasteiger charge is -2.44. The van der Waals surface area contributed by atoms with Gasteiger partial charge in [-0.1, -0.05) is 42.7 Å². The fraction of sp³-hybridized carbons (Fsp3) is 0.652. The number of amides is 2. The van der Waals surface area contributed by atoms with Crippen LogP contribution in [0, 0.1) is 12.8 Å². The van der Waals surface area contributed by atoms with Crippen molar-refractivity contribution in [2.24, 2.45) is 5.92 Å². The van der Waals surface area contributed by atoms with Crippen LogP contribution in [-0.2, 0) is 16.0 Å². The second kappa shape index (κ2) is 9.91. The number of nitrogens with zero attached hydrogens (tertiary/aromatic N) is 1. The molecule has 1 N–H and O–H groups in total. The molecule has 0 bridgehead atoms. The molecule has 2 amide bonds. The van der Waals surface area contributed by atoms with Gasteiger partial charge in [-0.25, -0.2) is 0 Å². The second-order valence-electron chi connectivity index (χ2n) is 8.28. The monoisotopic (exact) mass is 370 g/mol. The first-order valence-electron chi connectivity index (χ1n) is 10.7. The number of aryl methyl sites for hydroxylation is 1. The number of hydrogen-bond donors (Lipinski definition) is 1. The van der Waals surface area contributed by atoms with E-state index in [0.29, 0.717) is 31.8 Å². The SMILES string of the molecule is Cc1ccc(CCNC(=O)CCCC(=O)N2CCCC3CCCCC32)cc1. The highest BCUT2D eigenvalue weighted by Gasteiger charge is 2.35. The predicted molar refractivity (Wildman–Crippen MR) is 108 cm³/mol. The van der Waals surface area contributed by atoms with Crippen LogP contribution in [-0.4, -0.2) is 35.8 Å². The van der Waals surface area contributed by atoms with Crippen molar-refractivity contribution in [1.82, 2.24) is 10.2 Å². The van der Waals surface area contributed by atoms with Gasteiger partial charge in [0.1, 0.15) is 0 Å². The fourth-order valence-electron chi connectivity index (χ4n) is 4.67. The van der Waals surface area contributed by atoms with Gasteiger partial charge < -0.3 is 10.2 Å². The molecule has 1 aliphatic heterocycles. The van der Waals surface area contributed by atoms with Crippen LogP contribution in [0.4, 0.5) is 0 Å². The molecule has 27 heavy (non-hydrogen) atoms. The molecule has 2 unspecified atom stereocenters. The van der Waals surface area contributed by atoms with Crippen molar-refractivity contribution < 1.29 is 9.59 Å². The van der Waals surface area contributed by atoms with Gasteiger partial charge in [-0.3, -0.25) is 9.59 Å². The minimum atomic E-state index is 0.0594. The summed E-state index contributed by atoms with van der Waals surface area (Å²) in [5, 5.41) is 2.98. The summed E-state index contributed by atoms with van der Waals surface area (Å²) in [6.07, 6.45) is 9.94. The average molecular weight is 371 g/mol. The van der Waals surface area contributed by atoms with E-state index in [4.69, 9.17) is 0 Å². The molecule has 1 aliphatic carbocycles. The molecule has 1 saturated heterocycles. The zero-order valence-corrected chi connectivity index (χ0v) is 16.7. The number of likely N-dealkylation sites (tertiary alicyclic amines) is 1. The quantitative estimate of drug-likeness (QED) is 0.788. The van der Waals surface area contributed by atoms with Crippen LogP contribution < -0.4 is 5.32 Å². The van der Waals surface area contributed by atoms with E-state index in [-0.39, 0.29) is 11.8 Å². The Balaban J connectivity index is 1.33. The van der Waals surface area contributed by atoms with Gasteiger partial charge in [0.25, 0.3) is 0 Å². The highest BCUT2D eigenvalue weighted by molar-refractivity contribution is 5.79. The van der Waals surface area contributed by atoms with E-state index in [1.165, 1.54) is 43.2 Å². The number of carbonyl (C=O) groups is 2. The molecular weight excluding hydrogens is 336 g/mol. The molecule has 1 heterocycles. The molecule has 3 rings (SSSR count). The summed E-state index contributed by atoms with van der Waals surface area (Å²) < 4.78 is 0. The van der Waals surface area contributed by atoms with Gasteiger partial charge in [0.15, 0.2) is 0 Å². The topological polar surface area (TPSA) is 49.4 Å². The molecule has 1 saturated carbocycles. The smallest absolute Gasteiger partial charge is 0.222 e. The van der Waals surface area contributed by atoms with E-state index in [9.17, 15) is 9.59 Å². The van der Waals surface area contributed by atoms with Gasteiger partial charge in [-0.2, -0.15) is 0 Å². The molecule has 0 radical (unpaired) electrons. The summed E-state index contributed by atoms with van der Waals surface area (Å²) in [4.78, 5) is 26.8. The van der Waals surface area contributed by atoms with E-state index in [1.807, 2.05) is 0 Å². The molecule has 0 aromatic heterocycles. The normalized spacial score (nSPS) is 22.2. The van der Waals surface area contributed by atoms with Crippen LogP contribution in [0.25, 0.3) is 0 Å². The molecular formula is C23H34N2O2. The van der Waals surface area contributed by atoms with Gasteiger partial charge in [0, 0.05) is 32.0 Å². The Hall–Kier alpha value is -1.84. The Labute approximate surface area is 163 Å². The number of carbonyl (C=O) groups excluding carboxylic acids is 2. The number of hydrogen-bond acceptors (Lipinski definition) is 2. The van der Waals surface area contributed by atoms with E-state index in [0.717, 1.165) is 25.3 Å². The fourth-order valence-corrected chi connectivity index (χ4v) is 4.67. The van der Waals surface area contributed by atoms with Crippen molar-refractivity contribution in [2.45, 2.75) is 77.2 Å². The molecule has 2 fully saturated rings. The Kier molecular flexibility index (Phi) is 7.31. The Bertz CT molecular complexity index is 624. The molecule has 2 aliphatic rings. The number of rotatable bonds is 7. The largest absolute Gasteiger partial charge is 0.356 e. The van der Waals surface area contributed by atoms with Crippen molar-refractivity contribution in [2.75, 3.05) is 13.1 Å². The Morgan fingerprint density at radius 1 is 1.04 bits per heavy atom. The standard InChI is InChI=1S/C23H34N2O2/c1-18-11-13-19(14-12-18)15-16-24-22(26)9-4-10-23(27)25-17-5-7-20-6-2-3-8-21(20)25/h11-14,20-21H,2-10,15-17H2,1H3,(H,24,26). The minimum Gasteiger partial charge on any atom is -0.356 e. The van der Waals surface area contributed by atoms with Crippen LogP contribution in [0.15, 0.2) is 24.3 Å². The second-order valence-corrected chi connectivity index (χ2v) is 8.28. The van der Waals surface area contributed by atoms with E-state index in [2.05, 4.69) is 41.4 Å². The van der Waals surface area contributed by atoms with E-state index in [1.54, 1.807) is 0 Å². The molecule has 4 heteroatoms. The maximum Gasteiger partial charge on any atom is 0.222 e. The maximum absolute atomic E-state index is 12.7. The van der Waals surface area contributed by atoms with Gasteiger partial charge in [0.2, 0.25) is 11.8 Å². The van der Waals surface area contributed by atoms with E-state index >= 15 is 0 Å². The van der Waals surface area contributed by atoms with Crippen LogP contribution in [0.1, 0.15) is 68.9 Å². The van der Waals surface area contributed by atoms with Crippen molar-refractivity contribution >= 4 is 11.8 Å². The van der Waals surface area contributed by atoms with Crippen LogP contribution in [0.5, 0.6) is 0 Å². The van der Waals surface area contributed by atoms with Gasteiger partial charge in [-0.15, -0.1) is 0 Å². The minimum absolute atomic E-state index is 0.0594. The van der Waals surface area contributed by atoms with Crippen molar-refractivity contribution in [3.8, 4) is 0 Å². The van der Waals surface area contributed by atoms with Gasteiger partial charge in [0.05, 0.1) is 0 Å². The third-order valence-corrected chi connectivity index (χ3v) is 6.21. The first kappa shape index (κ1) is 19.9. The Morgan fingerprint density at radius 2 is 1.78 bits per heavy atom. The summed E-state index contributed by atoms with van der Waals surface area (Å²) >= 11 is 0. The molecule has 1 aromatic carbocycles. The lowest BCUT2D eigenvalue weighted by Crippen LogP contribution is -2.49. The van der Waals surface area contributed by atoms with Gasteiger partial charge >= 0.3 is 0 Å². The number of nitrogens with one attached hydrogen (secondary N) is 1. The first-order chi connectivity index (χ1) is 13.1. The summed E-state index contributed by atoms with van der Waals surface area (Å²) in [6.45, 7) is 3.65. The molecule has 1 aromatic rings. The Morgan fingerprint density at radius 3 is 2.59 bits per heavy atom. The van der Waals surface area contributed by atoms with Crippen LogP contribution in [0.2, 0.25) is 0 Å². The first-order valence-corrected chi connectivity index (χ1v) is 10.7. The molecule has 4 nitrogen and oxygen atoms in total. The molecule has 148 valence electrons. The number of piperidine rings is 1. The van der Waals surface area contributed by atoms with Gasteiger partial charge in [-0.05, 0) is 56.9 Å². The maximum atomic E-state index is 12.7. The average Bonchev–Trinajstić information content (AvgIpc) is 2.69. The van der Waals surface area contributed by atoms with Crippen LogP contribution in [0.3, 0.4) is 0 Å².